The monoisotopic (exact) mass is 189 g/mol. The van der Waals surface area contributed by atoms with E-state index in [-0.39, 0.29) is 24.7 Å². The van der Waals surface area contributed by atoms with Gasteiger partial charge in [-0.2, -0.15) is 0 Å². The van der Waals surface area contributed by atoms with Crippen molar-refractivity contribution in [1.29, 1.82) is 0 Å². The van der Waals surface area contributed by atoms with Crippen LogP contribution >= 0.6 is 0 Å². The van der Waals surface area contributed by atoms with Gasteiger partial charge in [-0.1, -0.05) is 0 Å². The van der Waals surface area contributed by atoms with Gasteiger partial charge >= 0.3 is 0 Å². The molecule has 0 aromatic rings. The third-order valence-corrected chi connectivity index (χ3v) is 2.35. The third-order valence-electron chi connectivity index (χ3n) is 2.35. The zero-order valence-corrected chi connectivity index (χ0v) is 8.23. The number of rotatable bonds is 3. The first-order valence-electron chi connectivity index (χ1n) is 4.69. The Morgan fingerprint density at radius 2 is 2.08 bits per heavy atom. The van der Waals surface area contributed by atoms with E-state index in [2.05, 4.69) is 0 Å². The number of nitrogens with two attached hydrogens (primary N) is 1. The van der Waals surface area contributed by atoms with Crippen molar-refractivity contribution < 1.29 is 14.9 Å². The normalized spacial score (nSPS) is 35.3. The molecule has 78 valence electrons. The first kappa shape index (κ1) is 10.9. The Labute approximate surface area is 78.7 Å². The standard InChI is InChI=1S/C9H19NO3/c1-9(2,12)13-8-4-6(5-11)3-7(8)10/h6-8,11-12H,3-5,10H2,1-2H3. The highest BCUT2D eigenvalue weighted by Crippen LogP contribution is 2.28. The van der Waals surface area contributed by atoms with Crippen LogP contribution in [0.2, 0.25) is 0 Å². The number of ether oxygens (including phenoxy) is 1. The Balaban J connectivity index is 2.44. The highest BCUT2D eigenvalue weighted by molar-refractivity contribution is 4.87. The largest absolute Gasteiger partial charge is 0.396 e. The Morgan fingerprint density at radius 1 is 1.46 bits per heavy atom. The minimum atomic E-state index is -1.13. The highest BCUT2D eigenvalue weighted by Gasteiger charge is 2.35. The maximum absolute atomic E-state index is 9.41. The number of hydrogen-bond donors (Lipinski definition) is 3. The molecule has 0 saturated heterocycles. The minimum absolute atomic E-state index is 0.0661. The highest BCUT2D eigenvalue weighted by atomic mass is 16.6. The van der Waals surface area contributed by atoms with Crippen molar-refractivity contribution in [2.45, 2.75) is 44.6 Å². The SMILES string of the molecule is CC(C)(O)OC1CC(CO)CC1N. The van der Waals surface area contributed by atoms with E-state index >= 15 is 0 Å². The number of hydrogen-bond acceptors (Lipinski definition) is 4. The molecule has 0 heterocycles. The lowest BCUT2D eigenvalue weighted by Crippen LogP contribution is -2.38. The van der Waals surface area contributed by atoms with E-state index in [0.29, 0.717) is 0 Å². The molecular formula is C9H19NO3. The Bertz CT molecular complexity index is 167. The van der Waals surface area contributed by atoms with Gasteiger partial charge in [0.15, 0.2) is 5.79 Å². The van der Waals surface area contributed by atoms with Crippen molar-refractivity contribution >= 4 is 0 Å². The Hall–Kier alpha value is -0.160. The van der Waals surface area contributed by atoms with Crippen LogP contribution in [0.3, 0.4) is 0 Å². The topological polar surface area (TPSA) is 75.7 Å². The summed E-state index contributed by atoms with van der Waals surface area (Å²) in [5.74, 6) is -0.908. The molecule has 0 spiro atoms. The fourth-order valence-corrected chi connectivity index (χ4v) is 1.79. The molecule has 3 unspecified atom stereocenters. The van der Waals surface area contributed by atoms with Crippen molar-refractivity contribution in [2.24, 2.45) is 11.7 Å². The van der Waals surface area contributed by atoms with Gasteiger partial charge in [0.05, 0.1) is 6.10 Å². The summed E-state index contributed by atoms with van der Waals surface area (Å²) in [6, 6.07) is -0.0661. The molecule has 1 rings (SSSR count). The molecule has 0 aromatic heterocycles. The molecule has 1 saturated carbocycles. The zero-order valence-electron chi connectivity index (χ0n) is 8.23. The predicted molar refractivity (Wildman–Crippen MR) is 49.0 cm³/mol. The summed E-state index contributed by atoms with van der Waals surface area (Å²) in [5.41, 5.74) is 5.80. The second-order valence-electron chi connectivity index (χ2n) is 4.29. The van der Waals surface area contributed by atoms with Crippen LogP contribution in [0.25, 0.3) is 0 Å². The molecule has 0 radical (unpaired) electrons. The van der Waals surface area contributed by atoms with Crippen molar-refractivity contribution in [2.75, 3.05) is 6.61 Å². The van der Waals surface area contributed by atoms with Crippen LogP contribution in [0.15, 0.2) is 0 Å². The van der Waals surface area contributed by atoms with Crippen molar-refractivity contribution in [1.82, 2.24) is 0 Å². The maximum atomic E-state index is 9.41. The average Bonchev–Trinajstić information content (AvgIpc) is 2.29. The molecule has 13 heavy (non-hydrogen) atoms. The summed E-state index contributed by atoms with van der Waals surface area (Å²) >= 11 is 0. The summed E-state index contributed by atoms with van der Waals surface area (Å²) in [7, 11) is 0. The van der Waals surface area contributed by atoms with Gasteiger partial charge in [0, 0.05) is 12.6 Å². The molecular weight excluding hydrogens is 170 g/mol. The zero-order chi connectivity index (χ0) is 10.1. The summed E-state index contributed by atoms with van der Waals surface area (Å²) < 4.78 is 5.36. The average molecular weight is 189 g/mol. The van der Waals surface area contributed by atoms with E-state index in [1.165, 1.54) is 0 Å². The van der Waals surface area contributed by atoms with Crippen LogP contribution < -0.4 is 5.73 Å². The van der Waals surface area contributed by atoms with Gasteiger partial charge in [0.1, 0.15) is 0 Å². The van der Waals surface area contributed by atoms with Crippen molar-refractivity contribution in [3.63, 3.8) is 0 Å². The van der Waals surface area contributed by atoms with Gasteiger partial charge in [-0.15, -0.1) is 0 Å². The molecule has 0 aliphatic heterocycles. The maximum Gasteiger partial charge on any atom is 0.160 e. The van der Waals surface area contributed by atoms with E-state index in [9.17, 15) is 5.11 Å². The van der Waals surface area contributed by atoms with Crippen LogP contribution in [0, 0.1) is 5.92 Å². The van der Waals surface area contributed by atoms with E-state index in [0.717, 1.165) is 12.8 Å². The van der Waals surface area contributed by atoms with Crippen molar-refractivity contribution in [3.05, 3.63) is 0 Å². The molecule has 3 atom stereocenters. The molecule has 4 heteroatoms. The van der Waals surface area contributed by atoms with Gasteiger partial charge < -0.3 is 20.7 Å². The molecule has 4 N–H and O–H groups in total. The molecule has 0 bridgehead atoms. The Morgan fingerprint density at radius 3 is 2.46 bits per heavy atom. The van der Waals surface area contributed by atoms with Gasteiger partial charge in [0.2, 0.25) is 0 Å². The van der Waals surface area contributed by atoms with E-state index in [1.807, 2.05) is 0 Å². The van der Waals surface area contributed by atoms with Crippen LogP contribution in [-0.2, 0) is 4.74 Å². The smallest absolute Gasteiger partial charge is 0.160 e. The Kier molecular flexibility index (Phi) is 3.29. The molecule has 1 aliphatic carbocycles. The molecule has 1 aliphatic rings. The fraction of sp³-hybridized carbons (Fsp3) is 1.00. The van der Waals surface area contributed by atoms with Crippen LogP contribution in [0.4, 0.5) is 0 Å². The predicted octanol–water partition coefficient (Wildman–Crippen LogP) is -0.170. The summed E-state index contributed by atoms with van der Waals surface area (Å²) in [6.45, 7) is 3.33. The summed E-state index contributed by atoms with van der Waals surface area (Å²) in [5, 5.41) is 18.3. The minimum Gasteiger partial charge on any atom is -0.396 e. The first-order chi connectivity index (χ1) is 5.92. The first-order valence-corrected chi connectivity index (χ1v) is 4.69. The van der Waals surface area contributed by atoms with E-state index < -0.39 is 5.79 Å². The van der Waals surface area contributed by atoms with Gasteiger partial charge in [-0.3, -0.25) is 0 Å². The molecule has 4 nitrogen and oxygen atoms in total. The third kappa shape index (κ3) is 3.23. The van der Waals surface area contributed by atoms with E-state index in [4.69, 9.17) is 15.6 Å². The molecule has 0 aromatic carbocycles. The van der Waals surface area contributed by atoms with Gasteiger partial charge in [0.25, 0.3) is 0 Å². The van der Waals surface area contributed by atoms with Crippen LogP contribution in [0.5, 0.6) is 0 Å². The van der Waals surface area contributed by atoms with Gasteiger partial charge in [-0.05, 0) is 32.6 Å². The number of aliphatic hydroxyl groups excluding tert-OH is 1. The molecule has 1 fully saturated rings. The van der Waals surface area contributed by atoms with E-state index in [1.54, 1.807) is 13.8 Å². The lowest BCUT2D eigenvalue weighted by Gasteiger charge is -2.25. The quantitative estimate of drug-likeness (QED) is 0.539. The van der Waals surface area contributed by atoms with Crippen LogP contribution in [0.1, 0.15) is 26.7 Å². The fourth-order valence-electron chi connectivity index (χ4n) is 1.79. The van der Waals surface area contributed by atoms with Crippen molar-refractivity contribution in [3.8, 4) is 0 Å². The lowest BCUT2D eigenvalue weighted by atomic mass is 10.1. The molecule has 0 amide bonds. The summed E-state index contributed by atoms with van der Waals surface area (Å²) in [4.78, 5) is 0. The van der Waals surface area contributed by atoms with Gasteiger partial charge in [-0.25, -0.2) is 0 Å². The second kappa shape index (κ2) is 3.92. The number of aliphatic hydroxyl groups is 2. The lowest BCUT2D eigenvalue weighted by molar-refractivity contribution is -0.206. The second-order valence-corrected chi connectivity index (χ2v) is 4.29. The summed E-state index contributed by atoms with van der Waals surface area (Å²) in [6.07, 6.45) is 1.39. The van der Waals surface area contributed by atoms with Crippen LogP contribution in [-0.4, -0.2) is 34.8 Å².